The van der Waals surface area contributed by atoms with Gasteiger partial charge in [-0.05, 0) is 29.8 Å². The summed E-state index contributed by atoms with van der Waals surface area (Å²) in [5, 5.41) is 15.9. The molecule has 9 heteroatoms. The smallest absolute Gasteiger partial charge is 0.271 e. The lowest BCUT2D eigenvalue weighted by Gasteiger charge is -2.25. The molecule has 1 aliphatic rings. The van der Waals surface area contributed by atoms with Crippen molar-refractivity contribution in [2.75, 3.05) is 24.6 Å². The van der Waals surface area contributed by atoms with E-state index in [1.54, 1.807) is 29.2 Å². The Kier molecular flexibility index (Phi) is 4.91. The molecule has 4 rings (SSSR count). The van der Waals surface area contributed by atoms with E-state index in [2.05, 4.69) is 15.4 Å². The SMILES string of the molecule is O=C(NCCO)c1cnc2ccc(N3C[C@@H](F)C[C@@H]3c3cccc(F)c3)nn12. The van der Waals surface area contributed by atoms with Gasteiger partial charge in [-0.15, -0.1) is 5.10 Å². The van der Waals surface area contributed by atoms with Gasteiger partial charge >= 0.3 is 0 Å². The highest BCUT2D eigenvalue weighted by molar-refractivity contribution is 5.93. The number of fused-ring (bicyclic) bond motifs is 1. The number of carbonyl (C=O) groups is 1. The molecule has 28 heavy (non-hydrogen) atoms. The number of alkyl halides is 1. The van der Waals surface area contributed by atoms with Crippen molar-refractivity contribution in [1.82, 2.24) is 19.9 Å². The molecule has 0 bridgehead atoms. The Balaban J connectivity index is 1.70. The molecule has 1 aliphatic heterocycles. The Bertz CT molecular complexity index is 1010. The van der Waals surface area contributed by atoms with Gasteiger partial charge in [0, 0.05) is 13.0 Å². The second kappa shape index (κ2) is 7.51. The standard InChI is InChI=1S/C19H19F2N5O2/c20-13-3-1-2-12(8-13)15-9-14(21)11-25(15)18-5-4-17-23-10-16(26(17)24-18)19(28)22-6-7-27/h1-5,8,10,14-15,27H,6-7,9,11H2,(H,22,28)/t14-,15+/m0/s1. The lowest BCUT2D eigenvalue weighted by atomic mass is 10.0. The Morgan fingerprint density at radius 2 is 2.18 bits per heavy atom. The molecule has 1 amide bonds. The molecule has 0 radical (unpaired) electrons. The minimum atomic E-state index is -1.07. The first-order valence-electron chi connectivity index (χ1n) is 8.97. The number of aliphatic hydroxyl groups is 1. The quantitative estimate of drug-likeness (QED) is 0.699. The van der Waals surface area contributed by atoms with Crippen molar-refractivity contribution in [2.24, 2.45) is 0 Å². The fraction of sp³-hybridized carbons (Fsp3) is 0.316. The van der Waals surface area contributed by atoms with Crippen molar-refractivity contribution in [1.29, 1.82) is 0 Å². The first-order valence-corrected chi connectivity index (χ1v) is 8.97. The molecule has 1 saturated heterocycles. The zero-order chi connectivity index (χ0) is 19.7. The summed E-state index contributed by atoms with van der Waals surface area (Å²) in [6.07, 6.45) is 0.558. The first kappa shape index (κ1) is 18.3. The van der Waals surface area contributed by atoms with Gasteiger partial charge in [0.05, 0.1) is 25.4 Å². The molecule has 7 nitrogen and oxygen atoms in total. The van der Waals surface area contributed by atoms with Crippen molar-refractivity contribution in [3.63, 3.8) is 0 Å². The molecule has 1 fully saturated rings. The number of rotatable bonds is 5. The summed E-state index contributed by atoms with van der Waals surface area (Å²) in [5.41, 5.74) is 1.35. The number of hydrogen-bond acceptors (Lipinski definition) is 5. The zero-order valence-electron chi connectivity index (χ0n) is 14.9. The molecular weight excluding hydrogens is 368 g/mol. The Labute approximate surface area is 159 Å². The molecular formula is C19H19F2N5O2. The maximum absolute atomic E-state index is 14.2. The largest absolute Gasteiger partial charge is 0.395 e. The number of hydrogen-bond donors (Lipinski definition) is 2. The van der Waals surface area contributed by atoms with E-state index in [4.69, 9.17) is 5.11 Å². The number of aromatic nitrogens is 3. The van der Waals surface area contributed by atoms with Crippen LogP contribution in [0.25, 0.3) is 5.65 Å². The Morgan fingerprint density at radius 3 is 2.96 bits per heavy atom. The van der Waals surface area contributed by atoms with Crippen LogP contribution in [-0.2, 0) is 0 Å². The van der Waals surface area contributed by atoms with Crippen molar-refractivity contribution in [3.8, 4) is 0 Å². The van der Waals surface area contributed by atoms with Crippen LogP contribution in [0.1, 0.15) is 28.5 Å². The average molecular weight is 387 g/mol. The van der Waals surface area contributed by atoms with Crippen LogP contribution in [0.2, 0.25) is 0 Å². The highest BCUT2D eigenvalue weighted by Crippen LogP contribution is 2.36. The predicted molar refractivity (Wildman–Crippen MR) is 98.4 cm³/mol. The molecule has 3 heterocycles. The van der Waals surface area contributed by atoms with Crippen molar-refractivity contribution < 1.29 is 18.7 Å². The third kappa shape index (κ3) is 3.40. The van der Waals surface area contributed by atoms with Gasteiger partial charge in [-0.1, -0.05) is 12.1 Å². The van der Waals surface area contributed by atoms with Gasteiger partial charge in [0.25, 0.3) is 5.91 Å². The van der Waals surface area contributed by atoms with Gasteiger partial charge in [-0.3, -0.25) is 4.79 Å². The molecule has 0 aliphatic carbocycles. The lowest BCUT2D eigenvalue weighted by Crippen LogP contribution is -2.28. The normalized spacial score (nSPS) is 19.3. The number of carbonyl (C=O) groups excluding carboxylic acids is 1. The van der Waals surface area contributed by atoms with E-state index in [0.717, 1.165) is 0 Å². The summed E-state index contributed by atoms with van der Waals surface area (Å²) in [6, 6.07) is 9.17. The number of nitrogens with one attached hydrogen (secondary N) is 1. The van der Waals surface area contributed by atoms with E-state index >= 15 is 0 Å². The molecule has 2 atom stereocenters. The summed E-state index contributed by atoms with van der Waals surface area (Å²) in [6.45, 7) is 0.0611. The summed E-state index contributed by atoms with van der Waals surface area (Å²) in [4.78, 5) is 18.2. The zero-order valence-corrected chi connectivity index (χ0v) is 14.9. The monoisotopic (exact) mass is 387 g/mol. The fourth-order valence-corrected chi connectivity index (χ4v) is 3.50. The first-order chi connectivity index (χ1) is 13.6. The van der Waals surface area contributed by atoms with E-state index < -0.39 is 12.1 Å². The summed E-state index contributed by atoms with van der Waals surface area (Å²) < 4.78 is 29.3. The molecule has 146 valence electrons. The van der Waals surface area contributed by atoms with Gasteiger partial charge in [-0.2, -0.15) is 0 Å². The van der Waals surface area contributed by atoms with E-state index in [9.17, 15) is 13.6 Å². The number of benzene rings is 1. The third-order valence-corrected chi connectivity index (χ3v) is 4.76. The highest BCUT2D eigenvalue weighted by atomic mass is 19.1. The highest BCUT2D eigenvalue weighted by Gasteiger charge is 2.34. The van der Waals surface area contributed by atoms with Gasteiger partial charge in [0.1, 0.15) is 17.8 Å². The van der Waals surface area contributed by atoms with Crippen molar-refractivity contribution in [3.05, 3.63) is 59.7 Å². The second-order valence-electron chi connectivity index (χ2n) is 6.64. The van der Waals surface area contributed by atoms with E-state index in [0.29, 0.717) is 17.0 Å². The molecule has 1 aromatic carbocycles. The van der Waals surface area contributed by atoms with Crippen LogP contribution in [0.5, 0.6) is 0 Å². The van der Waals surface area contributed by atoms with E-state index in [1.807, 2.05) is 0 Å². The van der Waals surface area contributed by atoms with Crippen LogP contribution < -0.4 is 10.2 Å². The summed E-state index contributed by atoms with van der Waals surface area (Å²) >= 11 is 0. The Morgan fingerprint density at radius 1 is 1.32 bits per heavy atom. The number of halogens is 2. The minimum Gasteiger partial charge on any atom is -0.395 e. The van der Waals surface area contributed by atoms with Gasteiger partial charge < -0.3 is 15.3 Å². The summed E-state index contributed by atoms with van der Waals surface area (Å²) in [7, 11) is 0. The molecule has 0 spiro atoms. The van der Waals surface area contributed by atoms with Crippen LogP contribution in [0.4, 0.5) is 14.6 Å². The molecule has 0 unspecified atom stereocenters. The van der Waals surface area contributed by atoms with Crippen LogP contribution in [0, 0.1) is 5.82 Å². The van der Waals surface area contributed by atoms with Gasteiger partial charge in [-0.25, -0.2) is 18.3 Å². The number of anilines is 1. The molecule has 2 aromatic heterocycles. The topological polar surface area (TPSA) is 82.8 Å². The fourth-order valence-electron chi connectivity index (χ4n) is 3.50. The average Bonchev–Trinajstić information content (AvgIpc) is 3.29. The second-order valence-corrected chi connectivity index (χ2v) is 6.64. The minimum absolute atomic E-state index is 0.114. The van der Waals surface area contributed by atoms with Crippen molar-refractivity contribution in [2.45, 2.75) is 18.6 Å². The van der Waals surface area contributed by atoms with E-state index in [-0.39, 0.29) is 43.7 Å². The molecule has 0 saturated carbocycles. The maximum Gasteiger partial charge on any atom is 0.271 e. The van der Waals surface area contributed by atoms with Crippen LogP contribution in [-0.4, -0.2) is 51.5 Å². The third-order valence-electron chi connectivity index (χ3n) is 4.76. The van der Waals surface area contributed by atoms with Crippen LogP contribution >= 0.6 is 0 Å². The Hall–Kier alpha value is -3.07. The lowest BCUT2D eigenvalue weighted by molar-refractivity contribution is 0.0937. The van der Waals surface area contributed by atoms with Crippen LogP contribution in [0.15, 0.2) is 42.6 Å². The number of nitrogens with zero attached hydrogens (tertiary/aromatic N) is 4. The van der Waals surface area contributed by atoms with Crippen LogP contribution in [0.3, 0.4) is 0 Å². The van der Waals surface area contributed by atoms with E-state index in [1.165, 1.54) is 22.8 Å². The maximum atomic E-state index is 14.2. The van der Waals surface area contributed by atoms with Gasteiger partial charge in [0.15, 0.2) is 11.3 Å². The number of amides is 1. The summed E-state index contributed by atoms with van der Waals surface area (Å²) in [5.74, 6) is -0.325. The number of aliphatic hydroxyl groups excluding tert-OH is 1. The number of imidazole rings is 1. The molecule has 2 N–H and O–H groups in total. The van der Waals surface area contributed by atoms with Crippen molar-refractivity contribution >= 4 is 17.4 Å². The van der Waals surface area contributed by atoms with Gasteiger partial charge in [0.2, 0.25) is 0 Å². The molecule has 3 aromatic rings. The predicted octanol–water partition coefficient (Wildman–Crippen LogP) is 1.88.